The minimum Gasteiger partial charge on any atom is -0.435 e. The number of nitrogens with zero attached hydrogens (tertiary/aromatic N) is 1. The maximum absolute atomic E-state index is 12.1. The maximum Gasteiger partial charge on any atom is 0.387 e. The van der Waals surface area contributed by atoms with Gasteiger partial charge in [0.05, 0.1) is 5.70 Å². The topological polar surface area (TPSA) is 63.2 Å². The van der Waals surface area contributed by atoms with E-state index in [4.69, 9.17) is 0 Å². The zero-order chi connectivity index (χ0) is 16.7. The zero-order valence-corrected chi connectivity index (χ0v) is 12.3. The number of carbonyl (C=O) groups excluding carboxylic acids is 1. The van der Waals surface area contributed by atoms with E-state index in [0.717, 1.165) is 0 Å². The van der Waals surface area contributed by atoms with Crippen molar-refractivity contribution in [2.24, 2.45) is 0 Å². The van der Waals surface area contributed by atoms with E-state index < -0.39 is 6.61 Å². The summed E-state index contributed by atoms with van der Waals surface area (Å²) in [6, 6.07) is 11.1. The first-order valence-electron chi connectivity index (χ1n) is 6.79. The SMILES string of the molecule is C/C=C(/NNC(=O)c1ccccn1)c1ccc(OC(F)F)cc1. The van der Waals surface area contributed by atoms with Gasteiger partial charge >= 0.3 is 6.61 Å². The van der Waals surface area contributed by atoms with E-state index >= 15 is 0 Å². The first-order chi connectivity index (χ1) is 11.1. The third kappa shape index (κ3) is 4.77. The molecule has 0 bridgehead atoms. The molecule has 0 spiro atoms. The summed E-state index contributed by atoms with van der Waals surface area (Å²) in [5.74, 6) is -0.320. The van der Waals surface area contributed by atoms with E-state index in [-0.39, 0.29) is 17.4 Å². The minimum absolute atomic E-state index is 0.0664. The van der Waals surface area contributed by atoms with Gasteiger partial charge in [-0.2, -0.15) is 8.78 Å². The Morgan fingerprint density at radius 3 is 2.48 bits per heavy atom. The normalized spacial score (nSPS) is 11.2. The lowest BCUT2D eigenvalue weighted by Crippen LogP contribution is -2.36. The first kappa shape index (κ1) is 16.4. The van der Waals surface area contributed by atoms with Gasteiger partial charge in [0.25, 0.3) is 5.91 Å². The Kier molecular flexibility index (Phi) is 5.62. The summed E-state index contributed by atoms with van der Waals surface area (Å²) in [5.41, 5.74) is 6.89. The number of benzene rings is 1. The van der Waals surface area contributed by atoms with Crippen molar-refractivity contribution in [3.05, 3.63) is 66.0 Å². The molecule has 2 aromatic rings. The number of ether oxygens (including phenoxy) is 1. The molecular formula is C16H15F2N3O2. The van der Waals surface area contributed by atoms with Crippen molar-refractivity contribution >= 4 is 11.6 Å². The van der Waals surface area contributed by atoms with Crippen LogP contribution in [0.5, 0.6) is 5.75 Å². The lowest BCUT2D eigenvalue weighted by atomic mass is 10.1. The summed E-state index contributed by atoms with van der Waals surface area (Å²) < 4.78 is 28.5. The summed E-state index contributed by atoms with van der Waals surface area (Å²) in [6.07, 6.45) is 3.26. The fourth-order valence-electron chi connectivity index (χ4n) is 1.81. The molecule has 0 saturated carbocycles. The van der Waals surface area contributed by atoms with Crippen LogP contribution >= 0.6 is 0 Å². The molecule has 0 atom stereocenters. The first-order valence-corrected chi connectivity index (χ1v) is 6.79. The number of hydrazine groups is 1. The molecule has 2 N–H and O–H groups in total. The van der Waals surface area contributed by atoms with Crippen molar-refractivity contribution in [1.29, 1.82) is 0 Å². The number of halogens is 2. The highest BCUT2D eigenvalue weighted by molar-refractivity contribution is 5.92. The Morgan fingerprint density at radius 1 is 1.17 bits per heavy atom. The van der Waals surface area contributed by atoms with Gasteiger partial charge in [0.15, 0.2) is 0 Å². The Bertz CT molecular complexity index is 673. The van der Waals surface area contributed by atoms with Crippen LogP contribution in [0.4, 0.5) is 8.78 Å². The highest BCUT2D eigenvalue weighted by Gasteiger charge is 2.08. The molecule has 1 aromatic heterocycles. The summed E-state index contributed by atoms with van der Waals surface area (Å²) in [4.78, 5) is 15.8. The van der Waals surface area contributed by atoms with E-state index in [9.17, 15) is 13.6 Å². The number of amides is 1. The van der Waals surface area contributed by atoms with Gasteiger partial charge in [0, 0.05) is 6.20 Å². The summed E-state index contributed by atoms with van der Waals surface area (Å²) in [6.45, 7) is -1.09. The van der Waals surface area contributed by atoms with Crippen molar-refractivity contribution in [1.82, 2.24) is 15.8 Å². The molecule has 0 unspecified atom stereocenters. The summed E-state index contributed by atoms with van der Waals surface area (Å²) >= 11 is 0. The quantitative estimate of drug-likeness (QED) is 0.804. The molecule has 0 radical (unpaired) electrons. The summed E-state index contributed by atoms with van der Waals surface area (Å²) in [7, 11) is 0. The third-order valence-electron chi connectivity index (χ3n) is 2.89. The number of nitrogens with one attached hydrogen (secondary N) is 2. The lowest BCUT2D eigenvalue weighted by molar-refractivity contribution is -0.0498. The fraction of sp³-hybridized carbons (Fsp3) is 0.125. The van der Waals surface area contributed by atoms with Crippen molar-refractivity contribution < 1.29 is 18.3 Å². The van der Waals surface area contributed by atoms with E-state index in [2.05, 4.69) is 20.6 Å². The average molecular weight is 319 g/mol. The minimum atomic E-state index is -2.86. The van der Waals surface area contributed by atoms with Crippen LogP contribution in [0.25, 0.3) is 5.70 Å². The van der Waals surface area contributed by atoms with Crippen molar-refractivity contribution in [3.8, 4) is 5.75 Å². The van der Waals surface area contributed by atoms with Crippen molar-refractivity contribution in [2.45, 2.75) is 13.5 Å². The van der Waals surface area contributed by atoms with Gasteiger partial charge in [-0.05, 0) is 48.9 Å². The zero-order valence-electron chi connectivity index (χ0n) is 12.3. The Labute approximate surface area is 132 Å². The monoisotopic (exact) mass is 319 g/mol. The number of pyridine rings is 1. The van der Waals surface area contributed by atoms with E-state index in [1.807, 2.05) is 0 Å². The van der Waals surface area contributed by atoms with E-state index in [1.54, 1.807) is 43.3 Å². The van der Waals surface area contributed by atoms with Crippen LogP contribution in [0.3, 0.4) is 0 Å². The molecular weight excluding hydrogens is 304 g/mol. The largest absolute Gasteiger partial charge is 0.435 e. The van der Waals surface area contributed by atoms with Gasteiger partial charge in [-0.1, -0.05) is 12.1 Å². The second-order valence-corrected chi connectivity index (χ2v) is 4.40. The molecule has 0 aliphatic rings. The number of alkyl halides is 2. The highest BCUT2D eigenvalue weighted by atomic mass is 19.3. The number of rotatable bonds is 6. The van der Waals surface area contributed by atoms with Crippen molar-refractivity contribution in [3.63, 3.8) is 0 Å². The van der Waals surface area contributed by atoms with Crippen LogP contribution < -0.4 is 15.6 Å². The van der Waals surface area contributed by atoms with Crippen molar-refractivity contribution in [2.75, 3.05) is 0 Å². The molecule has 5 nitrogen and oxygen atoms in total. The number of hydrogen-bond acceptors (Lipinski definition) is 4. The lowest BCUT2D eigenvalue weighted by Gasteiger charge is -2.12. The molecule has 0 fully saturated rings. The number of hydrogen-bond donors (Lipinski definition) is 2. The van der Waals surface area contributed by atoms with Gasteiger partial charge in [0.1, 0.15) is 11.4 Å². The fourth-order valence-corrected chi connectivity index (χ4v) is 1.81. The predicted molar refractivity (Wildman–Crippen MR) is 81.6 cm³/mol. The molecule has 2 rings (SSSR count). The standard InChI is InChI=1S/C16H15F2N3O2/c1-2-13(11-6-8-12(9-7-11)23-16(17)18)20-21-15(22)14-5-3-4-10-19-14/h2-10,16,20H,1H3,(H,21,22)/b13-2+. The van der Waals surface area contributed by atoms with Crippen LogP contribution in [0.15, 0.2) is 54.7 Å². The highest BCUT2D eigenvalue weighted by Crippen LogP contribution is 2.18. The van der Waals surface area contributed by atoms with Crippen LogP contribution in [0.2, 0.25) is 0 Å². The van der Waals surface area contributed by atoms with Gasteiger partial charge in [-0.3, -0.25) is 20.6 Å². The Balaban J connectivity index is 1.99. The van der Waals surface area contributed by atoms with E-state index in [0.29, 0.717) is 11.3 Å². The van der Waals surface area contributed by atoms with E-state index in [1.165, 1.54) is 18.3 Å². The maximum atomic E-state index is 12.1. The molecule has 0 aliphatic carbocycles. The second kappa shape index (κ2) is 7.88. The predicted octanol–water partition coefficient (Wildman–Crippen LogP) is 2.98. The molecule has 1 heterocycles. The molecule has 120 valence electrons. The molecule has 1 amide bonds. The Morgan fingerprint density at radius 2 is 1.91 bits per heavy atom. The molecule has 23 heavy (non-hydrogen) atoms. The average Bonchev–Trinajstić information content (AvgIpc) is 2.57. The molecule has 1 aromatic carbocycles. The van der Waals surface area contributed by atoms with Gasteiger partial charge in [-0.25, -0.2) is 0 Å². The van der Waals surface area contributed by atoms with Crippen LogP contribution in [0, 0.1) is 0 Å². The molecule has 0 saturated heterocycles. The van der Waals surface area contributed by atoms with Crippen LogP contribution in [-0.4, -0.2) is 17.5 Å². The van der Waals surface area contributed by atoms with Gasteiger partial charge in [0.2, 0.25) is 0 Å². The number of carbonyl (C=O) groups is 1. The molecule has 7 heteroatoms. The number of allylic oxidation sites excluding steroid dienone is 1. The van der Waals surface area contributed by atoms with Gasteiger partial charge in [-0.15, -0.1) is 0 Å². The summed E-state index contributed by atoms with van der Waals surface area (Å²) in [5, 5.41) is 0. The van der Waals surface area contributed by atoms with Gasteiger partial charge < -0.3 is 4.74 Å². The second-order valence-electron chi connectivity index (χ2n) is 4.40. The van der Waals surface area contributed by atoms with Crippen LogP contribution in [-0.2, 0) is 0 Å². The smallest absolute Gasteiger partial charge is 0.387 e. The Hall–Kier alpha value is -2.96. The number of aromatic nitrogens is 1. The third-order valence-corrected chi connectivity index (χ3v) is 2.89. The van der Waals surface area contributed by atoms with Crippen LogP contribution in [0.1, 0.15) is 23.0 Å². The molecule has 0 aliphatic heterocycles.